The van der Waals surface area contributed by atoms with E-state index in [9.17, 15) is 0 Å². The predicted molar refractivity (Wildman–Crippen MR) is 106 cm³/mol. The molecule has 0 bridgehead atoms. The summed E-state index contributed by atoms with van der Waals surface area (Å²) >= 11 is 0. The SMILES string of the molecule is Nc1nc(N2CCCC[C@]23CCCNC3)c2c(n1)C1(CCCC1)CCC2. The minimum absolute atomic E-state index is 0.241. The molecule has 1 aromatic heterocycles. The van der Waals surface area contributed by atoms with Crippen molar-refractivity contribution >= 4 is 11.8 Å². The van der Waals surface area contributed by atoms with Crippen LogP contribution in [0.2, 0.25) is 0 Å². The number of piperidine rings is 2. The van der Waals surface area contributed by atoms with Gasteiger partial charge in [0.15, 0.2) is 0 Å². The molecule has 1 atom stereocenters. The molecule has 2 saturated heterocycles. The number of aromatic nitrogens is 2. The summed E-state index contributed by atoms with van der Waals surface area (Å²) in [5, 5.41) is 3.67. The van der Waals surface area contributed by atoms with E-state index in [4.69, 9.17) is 15.7 Å². The molecule has 0 aromatic carbocycles. The van der Waals surface area contributed by atoms with Gasteiger partial charge in [-0.15, -0.1) is 0 Å². The number of rotatable bonds is 1. The highest BCUT2D eigenvalue weighted by molar-refractivity contribution is 5.57. The zero-order valence-electron chi connectivity index (χ0n) is 16.0. The van der Waals surface area contributed by atoms with Crippen molar-refractivity contribution in [2.24, 2.45) is 0 Å². The Balaban J connectivity index is 1.61. The molecule has 3 N–H and O–H groups in total. The Morgan fingerprint density at radius 1 is 0.885 bits per heavy atom. The van der Waals surface area contributed by atoms with Crippen LogP contribution >= 0.6 is 0 Å². The third-order valence-electron chi connectivity index (χ3n) is 7.70. The zero-order chi connectivity index (χ0) is 17.6. The summed E-state index contributed by atoms with van der Waals surface area (Å²) in [5.74, 6) is 1.69. The first-order valence-electron chi connectivity index (χ1n) is 10.9. The minimum atomic E-state index is 0.241. The lowest BCUT2D eigenvalue weighted by Gasteiger charge is -2.51. The molecule has 5 rings (SSSR count). The van der Waals surface area contributed by atoms with E-state index in [1.807, 2.05) is 0 Å². The second-order valence-electron chi connectivity index (χ2n) is 9.19. The zero-order valence-corrected chi connectivity index (χ0v) is 16.0. The maximum atomic E-state index is 6.29. The maximum absolute atomic E-state index is 6.29. The number of nitrogens with two attached hydrogens (primary N) is 1. The van der Waals surface area contributed by atoms with Gasteiger partial charge in [0.1, 0.15) is 5.82 Å². The molecule has 5 heteroatoms. The van der Waals surface area contributed by atoms with Gasteiger partial charge in [-0.1, -0.05) is 12.8 Å². The van der Waals surface area contributed by atoms with Gasteiger partial charge in [0, 0.05) is 24.1 Å². The average Bonchev–Trinajstić information content (AvgIpc) is 3.12. The average molecular weight is 356 g/mol. The van der Waals surface area contributed by atoms with Crippen LogP contribution in [0.1, 0.15) is 81.9 Å². The van der Waals surface area contributed by atoms with Crippen molar-refractivity contribution in [3.63, 3.8) is 0 Å². The van der Waals surface area contributed by atoms with Gasteiger partial charge in [-0.25, -0.2) is 4.98 Å². The topological polar surface area (TPSA) is 67.1 Å². The van der Waals surface area contributed by atoms with Crippen molar-refractivity contribution < 1.29 is 0 Å². The van der Waals surface area contributed by atoms with E-state index in [1.165, 1.54) is 87.7 Å². The van der Waals surface area contributed by atoms with E-state index in [-0.39, 0.29) is 5.54 Å². The van der Waals surface area contributed by atoms with E-state index < -0.39 is 0 Å². The number of hydrogen-bond donors (Lipinski definition) is 2. The second kappa shape index (κ2) is 6.36. The van der Waals surface area contributed by atoms with Crippen LogP contribution in [0.4, 0.5) is 11.8 Å². The van der Waals surface area contributed by atoms with Crippen molar-refractivity contribution in [3.05, 3.63) is 11.3 Å². The lowest BCUT2D eigenvalue weighted by Crippen LogP contribution is -2.60. The van der Waals surface area contributed by atoms with Crippen molar-refractivity contribution in [2.75, 3.05) is 30.3 Å². The van der Waals surface area contributed by atoms with Crippen LogP contribution in [-0.2, 0) is 11.8 Å². The molecule has 2 aliphatic carbocycles. The number of nitrogens with one attached hydrogen (secondary N) is 1. The molecule has 0 radical (unpaired) electrons. The van der Waals surface area contributed by atoms with Gasteiger partial charge >= 0.3 is 0 Å². The molecular formula is C21H33N5. The van der Waals surface area contributed by atoms with Gasteiger partial charge in [0.05, 0.1) is 11.2 Å². The monoisotopic (exact) mass is 355 g/mol. The summed E-state index contributed by atoms with van der Waals surface area (Å²) in [6.45, 7) is 3.37. The molecule has 4 aliphatic rings. The lowest BCUT2D eigenvalue weighted by atomic mass is 9.71. The third-order valence-corrected chi connectivity index (χ3v) is 7.70. The van der Waals surface area contributed by atoms with Crippen LogP contribution in [0.5, 0.6) is 0 Å². The Labute approximate surface area is 157 Å². The highest BCUT2D eigenvalue weighted by atomic mass is 15.3. The maximum Gasteiger partial charge on any atom is 0.222 e. The molecule has 1 aromatic rings. The van der Waals surface area contributed by atoms with Crippen molar-refractivity contribution in [1.82, 2.24) is 15.3 Å². The fourth-order valence-corrected chi connectivity index (χ4v) is 6.46. The first-order chi connectivity index (χ1) is 12.7. The van der Waals surface area contributed by atoms with Gasteiger partial charge < -0.3 is 16.0 Å². The number of nitrogens with zero attached hydrogens (tertiary/aromatic N) is 3. The summed E-state index contributed by atoms with van der Waals surface area (Å²) in [5.41, 5.74) is 9.60. The van der Waals surface area contributed by atoms with E-state index in [1.54, 1.807) is 0 Å². The third kappa shape index (κ3) is 2.54. The van der Waals surface area contributed by atoms with E-state index >= 15 is 0 Å². The molecule has 5 nitrogen and oxygen atoms in total. The fourth-order valence-electron chi connectivity index (χ4n) is 6.46. The van der Waals surface area contributed by atoms with Gasteiger partial charge in [-0.2, -0.15) is 4.98 Å². The quantitative estimate of drug-likeness (QED) is 0.809. The molecule has 2 aliphatic heterocycles. The van der Waals surface area contributed by atoms with Crippen LogP contribution in [-0.4, -0.2) is 35.1 Å². The number of anilines is 2. The van der Waals surface area contributed by atoms with Gasteiger partial charge in [0.2, 0.25) is 5.95 Å². The predicted octanol–water partition coefficient (Wildman–Crippen LogP) is 3.32. The standard InChI is InChI=1S/C21H33N5/c22-19-24-17-16(7-5-10-20(17)8-1-2-9-20)18(25-19)26-14-4-3-11-21(26)12-6-13-23-15-21/h23H,1-15H2,(H2,22,24,25)/t21-/m1/s1. The normalized spacial score (nSPS) is 30.7. The fraction of sp³-hybridized carbons (Fsp3) is 0.810. The van der Waals surface area contributed by atoms with Crippen LogP contribution in [0.3, 0.4) is 0 Å². The number of fused-ring (bicyclic) bond motifs is 2. The number of nitrogen functional groups attached to an aromatic ring is 1. The van der Waals surface area contributed by atoms with E-state index in [0.717, 1.165) is 26.1 Å². The molecule has 142 valence electrons. The molecule has 0 unspecified atom stereocenters. The van der Waals surface area contributed by atoms with Crippen LogP contribution in [0, 0.1) is 0 Å². The van der Waals surface area contributed by atoms with Crippen molar-refractivity contribution in [3.8, 4) is 0 Å². The minimum Gasteiger partial charge on any atom is -0.368 e. The lowest BCUT2D eigenvalue weighted by molar-refractivity contribution is 0.239. The molecular weight excluding hydrogens is 322 g/mol. The van der Waals surface area contributed by atoms with E-state index in [2.05, 4.69) is 10.2 Å². The van der Waals surface area contributed by atoms with Crippen LogP contribution < -0.4 is 16.0 Å². The Hall–Kier alpha value is -1.36. The second-order valence-corrected chi connectivity index (χ2v) is 9.19. The van der Waals surface area contributed by atoms with Crippen LogP contribution in [0.25, 0.3) is 0 Å². The van der Waals surface area contributed by atoms with Crippen molar-refractivity contribution in [1.29, 1.82) is 0 Å². The number of hydrogen-bond acceptors (Lipinski definition) is 5. The summed E-state index contributed by atoms with van der Waals surface area (Å²) in [4.78, 5) is 12.4. The first kappa shape index (κ1) is 16.8. The van der Waals surface area contributed by atoms with E-state index in [0.29, 0.717) is 11.4 Å². The summed E-state index contributed by atoms with van der Waals surface area (Å²) in [7, 11) is 0. The molecule has 1 saturated carbocycles. The molecule has 26 heavy (non-hydrogen) atoms. The highest BCUT2D eigenvalue weighted by Gasteiger charge is 2.45. The molecule has 2 spiro atoms. The Morgan fingerprint density at radius 3 is 2.46 bits per heavy atom. The summed E-state index contributed by atoms with van der Waals surface area (Å²) in [6.07, 6.45) is 15.4. The largest absolute Gasteiger partial charge is 0.368 e. The Kier molecular flexibility index (Phi) is 4.11. The summed E-state index contributed by atoms with van der Waals surface area (Å²) in [6, 6.07) is 0. The molecule has 3 heterocycles. The highest BCUT2D eigenvalue weighted by Crippen LogP contribution is 2.50. The molecule has 0 amide bonds. The first-order valence-corrected chi connectivity index (χ1v) is 10.9. The molecule has 3 fully saturated rings. The van der Waals surface area contributed by atoms with Crippen molar-refractivity contribution in [2.45, 2.75) is 88.0 Å². The van der Waals surface area contributed by atoms with Gasteiger partial charge in [0.25, 0.3) is 0 Å². The van der Waals surface area contributed by atoms with Gasteiger partial charge in [-0.05, 0) is 70.8 Å². The van der Waals surface area contributed by atoms with Gasteiger partial charge in [-0.3, -0.25) is 0 Å². The Bertz CT molecular complexity index is 665. The smallest absolute Gasteiger partial charge is 0.222 e. The Morgan fingerprint density at radius 2 is 1.65 bits per heavy atom. The summed E-state index contributed by atoms with van der Waals surface area (Å²) < 4.78 is 0. The van der Waals surface area contributed by atoms with Crippen LogP contribution in [0.15, 0.2) is 0 Å².